The van der Waals surface area contributed by atoms with E-state index in [1.807, 2.05) is 30.0 Å². The summed E-state index contributed by atoms with van der Waals surface area (Å²) in [5, 5.41) is 0.816. The molecule has 0 radical (unpaired) electrons. The van der Waals surface area contributed by atoms with Crippen LogP contribution in [0.5, 0.6) is 0 Å². The molecule has 1 unspecified atom stereocenters. The van der Waals surface area contributed by atoms with Crippen LogP contribution in [0.3, 0.4) is 0 Å². The van der Waals surface area contributed by atoms with Gasteiger partial charge in [-0.15, -0.1) is 11.8 Å². The van der Waals surface area contributed by atoms with Gasteiger partial charge in [-0.05, 0) is 49.7 Å². The van der Waals surface area contributed by atoms with E-state index in [1.165, 1.54) is 10.5 Å². The molecule has 4 aromatic rings. The number of nitrogens with zero attached hydrogens (tertiary/aromatic N) is 2. The number of thioether (sulfide) groups is 1. The first kappa shape index (κ1) is 18.1. The van der Waals surface area contributed by atoms with E-state index in [2.05, 4.69) is 79.1 Å². The fourth-order valence-electron chi connectivity index (χ4n) is 3.35. The Kier molecular flexibility index (Phi) is 5.24. The molecule has 0 N–H and O–H groups in total. The summed E-state index contributed by atoms with van der Waals surface area (Å²) in [7, 11) is 0. The van der Waals surface area contributed by atoms with Crippen molar-refractivity contribution >= 4 is 34.4 Å². The molecule has 0 fully saturated rings. The smallest absolute Gasteiger partial charge is 0.128 e. The molecule has 0 saturated carbocycles. The van der Waals surface area contributed by atoms with Crippen molar-refractivity contribution in [1.82, 2.24) is 9.55 Å². The number of fused-ring (bicyclic) bond motifs is 1. The van der Waals surface area contributed by atoms with Crippen molar-refractivity contribution in [2.75, 3.05) is 0 Å². The molecule has 0 amide bonds. The molecule has 3 aromatic carbocycles. The first-order chi connectivity index (χ1) is 13.1. The summed E-state index contributed by atoms with van der Waals surface area (Å²) in [6.45, 7) is 4.41. The minimum atomic E-state index is 0.0992. The van der Waals surface area contributed by atoms with Crippen LogP contribution in [0, 0.1) is 0 Å². The van der Waals surface area contributed by atoms with E-state index in [1.54, 1.807) is 0 Å². The molecule has 1 heterocycles. The molecule has 0 aliphatic rings. The average Bonchev–Trinajstić information content (AvgIpc) is 3.06. The van der Waals surface area contributed by atoms with E-state index in [0.29, 0.717) is 6.04 Å². The summed E-state index contributed by atoms with van der Waals surface area (Å²) < 4.78 is 2.33. The van der Waals surface area contributed by atoms with Gasteiger partial charge < -0.3 is 4.57 Å². The van der Waals surface area contributed by atoms with E-state index in [4.69, 9.17) is 16.6 Å². The highest BCUT2D eigenvalue weighted by molar-refractivity contribution is 7.99. The van der Waals surface area contributed by atoms with Gasteiger partial charge in [-0.25, -0.2) is 4.98 Å². The van der Waals surface area contributed by atoms with Gasteiger partial charge in [0.2, 0.25) is 0 Å². The fourth-order valence-corrected chi connectivity index (χ4v) is 4.67. The van der Waals surface area contributed by atoms with Crippen LogP contribution < -0.4 is 0 Å². The topological polar surface area (TPSA) is 17.8 Å². The zero-order valence-electron chi connectivity index (χ0n) is 15.3. The van der Waals surface area contributed by atoms with Crippen molar-refractivity contribution < 1.29 is 0 Å². The van der Waals surface area contributed by atoms with Crippen LogP contribution >= 0.6 is 23.4 Å². The lowest BCUT2D eigenvalue weighted by atomic mass is 10.1. The molecule has 2 nitrogen and oxygen atoms in total. The molecule has 0 bridgehead atoms. The summed E-state index contributed by atoms with van der Waals surface area (Å²) >= 11 is 8.06. The monoisotopic (exact) mass is 392 g/mol. The van der Waals surface area contributed by atoms with Gasteiger partial charge in [-0.2, -0.15) is 0 Å². The molecule has 1 atom stereocenters. The second-order valence-corrected chi connectivity index (χ2v) is 8.40. The Hall–Kier alpha value is -2.23. The zero-order chi connectivity index (χ0) is 18.8. The summed E-state index contributed by atoms with van der Waals surface area (Å²) in [5.41, 5.74) is 3.31. The van der Waals surface area contributed by atoms with Crippen LogP contribution in [-0.4, -0.2) is 9.55 Å². The van der Waals surface area contributed by atoms with Crippen LogP contribution in [0.4, 0.5) is 0 Å². The number of hydrogen-bond acceptors (Lipinski definition) is 2. The third kappa shape index (κ3) is 3.76. The lowest BCUT2D eigenvalue weighted by Gasteiger charge is -2.21. The Morgan fingerprint density at radius 3 is 2.22 bits per heavy atom. The summed E-state index contributed by atoms with van der Waals surface area (Å²) in [6, 6.07) is 27.4. The van der Waals surface area contributed by atoms with Gasteiger partial charge in [0.1, 0.15) is 5.82 Å². The lowest BCUT2D eigenvalue weighted by molar-refractivity contribution is 0.589. The third-order valence-corrected chi connectivity index (χ3v) is 6.03. The van der Waals surface area contributed by atoms with Crippen molar-refractivity contribution in [3.63, 3.8) is 0 Å². The molecular weight excluding hydrogens is 372 g/mol. The highest BCUT2D eigenvalue weighted by Gasteiger charge is 2.24. The number of rotatable bonds is 5. The van der Waals surface area contributed by atoms with Crippen molar-refractivity contribution in [3.8, 4) is 0 Å². The summed E-state index contributed by atoms with van der Waals surface area (Å²) in [6.07, 6.45) is 0. The second-order valence-electron chi connectivity index (χ2n) is 6.79. The Balaban J connectivity index is 1.90. The summed E-state index contributed by atoms with van der Waals surface area (Å²) in [5.74, 6) is 1.06. The van der Waals surface area contributed by atoms with Crippen LogP contribution in [0.1, 0.15) is 36.5 Å². The highest BCUT2D eigenvalue weighted by atomic mass is 35.5. The van der Waals surface area contributed by atoms with Crippen molar-refractivity contribution in [1.29, 1.82) is 0 Å². The van der Waals surface area contributed by atoms with E-state index in [0.717, 1.165) is 21.9 Å². The predicted molar refractivity (Wildman–Crippen MR) is 116 cm³/mol. The molecule has 1 aromatic heterocycles. The van der Waals surface area contributed by atoms with Crippen molar-refractivity contribution in [2.45, 2.75) is 30.0 Å². The van der Waals surface area contributed by atoms with Crippen molar-refractivity contribution in [3.05, 3.63) is 95.3 Å². The normalized spacial score (nSPS) is 12.6. The van der Waals surface area contributed by atoms with Crippen LogP contribution in [0.25, 0.3) is 11.0 Å². The number of halogens is 1. The van der Waals surface area contributed by atoms with Gasteiger partial charge >= 0.3 is 0 Å². The Morgan fingerprint density at radius 1 is 0.889 bits per heavy atom. The van der Waals surface area contributed by atoms with Crippen LogP contribution in [0.2, 0.25) is 5.02 Å². The van der Waals surface area contributed by atoms with Gasteiger partial charge in [0.25, 0.3) is 0 Å². The van der Waals surface area contributed by atoms with E-state index in [9.17, 15) is 0 Å². The number of benzene rings is 3. The molecule has 0 aliphatic heterocycles. The molecule has 0 aliphatic carbocycles. The molecular formula is C23H21ClN2S. The number of aromatic nitrogens is 2. The Morgan fingerprint density at radius 2 is 1.56 bits per heavy atom. The number of hydrogen-bond donors (Lipinski definition) is 0. The third-order valence-electron chi connectivity index (χ3n) is 4.53. The fraction of sp³-hybridized carbons (Fsp3) is 0.174. The highest BCUT2D eigenvalue weighted by Crippen LogP contribution is 2.42. The maximum atomic E-state index is 6.23. The maximum Gasteiger partial charge on any atom is 0.128 e. The zero-order valence-corrected chi connectivity index (χ0v) is 16.9. The van der Waals surface area contributed by atoms with Gasteiger partial charge in [-0.1, -0.05) is 60.1 Å². The largest absolute Gasteiger partial charge is 0.324 e. The maximum absolute atomic E-state index is 6.23. The quantitative estimate of drug-likeness (QED) is 0.335. The van der Waals surface area contributed by atoms with Crippen molar-refractivity contribution in [2.24, 2.45) is 0 Å². The van der Waals surface area contributed by atoms with Gasteiger partial charge in [0.05, 0.1) is 16.3 Å². The lowest BCUT2D eigenvalue weighted by Crippen LogP contribution is -2.10. The van der Waals surface area contributed by atoms with E-state index in [-0.39, 0.29) is 5.25 Å². The Labute approximate surface area is 169 Å². The van der Waals surface area contributed by atoms with Crippen LogP contribution in [0.15, 0.2) is 83.8 Å². The Bertz CT molecular complexity index is 1040. The van der Waals surface area contributed by atoms with Gasteiger partial charge in [0, 0.05) is 16.0 Å². The molecule has 4 heteroatoms. The van der Waals surface area contributed by atoms with E-state index < -0.39 is 0 Å². The minimum absolute atomic E-state index is 0.0992. The molecule has 0 spiro atoms. The first-order valence-electron chi connectivity index (χ1n) is 9.07. The molecule has 136 valence electrons. The molecule has 4 rings (SSSR count). The minimum Gasteiger partial charge on any atom is -0.324 e. The first-order valence-corrected chi connectivity index (χ1v) is 10.3. The SMILES string of the molecule is CC(C)n1c(C(Sc2ccccc2)c2ccccc2)nc2cc(Cl)ccc21. The standard InChI is InChI=1S/C23H21ClN2S/c1-16(2)26-21-14-13-18(24)15-20(21)25-23(26)22(17-9-5-3-6-10-17)27-19-11-7-4-8-12-19/h3-16,22H,1-2H3. The van der Waals surface area contributed by atoms with E-state index >= 15 is 0 Å². The van der Waals surface area contributed by atoms with Gasteiger partial charge in [0.15, 0.2) is 0 Å². The average molecular weight is 393 g/mol. The molecule has 27 heavy (non-hydrogen) atoms. The van der Waals surface area contributed by atoms with Gasteiger partial charge in [-0.3, -0.25) is 0 Å². The number of imidazole rings is 1. The summed E-state index contributed by atoms with van der Waals surface area (Å²) in [4.78, 5) is 6.25. The molecule has 0 saturated heterocycles. The predicted octanol–water partition coefficient (Wildman–Crippen LogP) is 7.15. The second kappa shape index (κ2) is 7.79. The van der Waals surface area contributed by atoms with Crippen LogP contribution in [-0.2, 0) is 0 Å².